The predicted molar refractivity (Wildman–Crippen MR) is 58.5 cm³/mol. The fraction of sp³-hybridized carbons (Fsp3) is 0.429. The molecular formula is C7H8BrCl2N3O. The summed E-state index contributed by atoms with van der Waals surface area (Å²) in [7, 11) is 1.72. The van der Waals surface area contributed by atoms with Crippen molar-refractivity contribution in [3.63, 3.8) is 0 Å². The van der Waals surface area contributed by atoms with E-state index in [1.807, 2.05) is 0 Å². The lowest BCUT2D eigenvalue weighted by molar-refractivity contribution is -0.118. The van der Waals surface area contributed by atoms with Crippen LogP contribution in [0.4, 0.5) is 0 Å². The molecule has 0 saturated heterocycles. The van der Waals surface area contributed by atoms with Crippen LogP contribution in [0, 0.1) is 0 Å². The zero-order valence-electron chi connectivity index (χ0n) is 7.35. The largest absolute Gasteiger partial charge is 0.349 e. The molecule has 14 heavy (non-hydrogen) atoms. The number of nitrogens with one attached hydrogen (secondary N) is 1. The molecule has 1 amide bonds. The Kier molecular flexibility index (Phi) is 4.22. The number of hydrogen-bond acceptors (Lipinski definition) is 2. The molecule has 0 spiro atoms. The van der Waals surface area contributed by atoms with Crippen LogP contribution in [0.15, 0.2) is 4.47 Å². The van der Waals surface area contributed by atoms with Crippen molar-refractivity contribution in [1.82, 2.24) is 15.1 Å². The Morgan fingerprint density at radius 2 is 2.36 bits per heavy atom. The number of hydrogen-bond donors (Lipinski definition) is 1. The summed E-state index contributed by atoms with van der Waals surface area (Å²) in [5.41, 5.74) is 0.677. The lowest BCUT2D eigenvalue weighted by Crippen LogP contribution is -2.24. The van der Waals surface area contributed by atoms with E-state index < -0.39 is 0 Å². The number of rotatable bonds is 3. The van der Waals surface area contributed by atoms with E-state index >= 15 is 0 Å². The van der Waals surface area contributed by atoms with Crippen LogP contribution in [-0.2, 0) is 18.4 Å². The highest BCUT2D eigenvalue weighted by Gasteiger charge is 2.11. The molecule has 0 aliphatic carbocycles. The van der Waals surface area contributed by atoms with Gasteiger partial charge < -0.3 is 5.32 Å². The first-order chi connectivity index (χ1) is 6.56. The summed E-state index contributed by atoms with van der Waals surface area (Å²) in [5, 5.41) is 7.19. The third kappa shape index (κ3) is 2.62. The molecule has 0 aliphatic heterocycles. The van der Waals surface area contributed by atoms with Gasteiger partial charge in [0.2, 0.25) is 5.91 Å². The van der Waals surface area contributed by atoms with E-state index in [9.17, 15) is 4.79 Å². The van der Waals surface area contributed by atoms with E-state index in [2.05, 4.69) is 26.3 Å². The number of carbonyl (C=O) groups is 1. The Morgan fingerprint density at radius 1 is 1.71 bits per heavy atom. The fourth-order valence-corrected chi connectivity index (χ4v) is 1.59. The normalized spacial score (nSPS) is 10.3. The molecule has 1 N–H and O–H groups in total. The van der Waals surface area contributed by atoms with Crippen molar-refractivity contribution in [3.8, 4) is 0 Å². The van der Waals surface area contributed by atoms with E-state index in [4.69, 9.17) is 23.2 Å². The Bertz CT molecular complexity index is 353. The second-order valence-corrected chi connectivity index (χ2v) is 4.00. The summed E-state index contributed by atoms with van der Waals surface area (Å²) in [6.45, 7) is 0.312. The first-order valence-electron chi connectivity index (χ1n) is 3.75. The van der Waals surface area contributed by atoms with Crippen molar-refractivity contribution in [1.29, 1.82) is 0 Å². The predicted octanol–water partition coefficient (Wildman–Crippen LogP) is 1.69. The minimum Gasteiger partial charge on any atom is -0.349 e. The summed E-state index contributed by atoms with van der Waals surface area (Å²) < 4.78 is 2.21. The van der Waals surface area contributed by atoms with Gasteiger partial charge in [0.15, 0.2) is 0 Å². The number of carbonyl (C=O) groups excluding carboxylic acids is 1. The van der Waals surface area contributed by atoms with Crippen LogP contribution in [-0.4, -0.2) is 21.6 Å². The Hall–Kier alpha value is -0.260. The van der Waals surface area contributed by atoms with Gasteiger partial charge in [-0.15, -0.1) is 11.6 Å². The molecule has 0 aliphatic rings. The third-order valence-electron chi connectivity index (χ3n) is 1.56. The molecule has 1 aromatic heterocycles. The van der Waals surface area contributed by atoms with Gasteiger partial charge in [0, 0.05) is 7.05 Å². The van der Waals surface area contributed by atoms with Crippen LogP contribution in [0.1, 0.15) is 5.69 Å². The first kappa shape index (κ1) is 11.8. The van der Waals surface area contributed by atoms with E-state index in [1.165, 1.54) is 4.68 Å². The minimum atomic E-state index is -0.236. The summed E-state index contributed by atoms with van der Waals surface area (Å²) in [5.74, 6) is -0.293. The van der Waals surface area contributed by atoms with Crippen molar-refractivity contribution < 1.29 is 4.79 Å². The van der Waals surface area contributed by atoms with Crippen LogP contribution >= 0.6 is 39.1 Å². The van der Waals surface area contributed by atoms with Gasteiger partial charge in [-0.05, 0) is 15.9 Å². The average Bonchev–Trinajstić information content (AvgIpc) is 2.42. The number of halogens is 3. The lowest BCUT2D eigenvalue weighted by atomic mass is 10.4. The van der Waals surface area contributed by atoms with Crippen LogP contribution in [0.3, 0.4) is 0 Å². The van der Waals surface area contributed by atoms with E-state index in [-0.39, 0.29) is 11.8 Å². The highest BCUT2D eigenvalue weighted by atomic mass is 79.9. The molecule has 0 fully saturated rings. The second-order valence-electron chi connectivity index (χ2n) is 2.59. The molecule has 0 radical (unpaired) electrons. The van der Waals surface area contributed by atoms with Crippen LogP contribution in [0.5, 0.6) is 0 Å². The zero-order chi connectivity index (χ0) is 10.7. The number of alkyl halides is 1. The van der Waals surface area contributed by atoms with Gasteiger partial charge in [-0.25, -0.2) is 0 Å². The lowest BCUT2D eigenvalue weighted by Gasteiger charge is -1.99. The maximum Gasteiger partial charge on any atom is 0.235 e. The molecule has 0 atom stereocenters. The topological polar surface area (TPSA) is 46.9 Å². The molecule has 1 heterocycles. The van der Waals surface area contributed by atoms with Gasteiger partial charge >= 0.3 is 0 Å². The Morgan fingerprint density at radius 3 is 2.79 bits per heavy atom. The summed E-state index contributed by atoms with van der Waals surface area (Å²) in [6.07, 6.45) is 0. The van der Waals surface area contributed by atoms with Gasteiger partial charge in [0.1, 0.15) is 11.0 Å². The average molecular weight is 301 g/mol. The highest BCUT2D eigenvalue weighted by Crippen LogP contribution is 2.25. The summed E-state index contributed by atoms with van der Waals surface area (Å²) >= 11 is 14.5. The summed E-state index contributed by atoms with van der Waals surface area (Å²) in [4.78, 5) is 10.9. The molecule has 0 unspecified atom stereocenters. The Balaban J connectivity index is 2.68. The van der Waals surface area contributed by atoms with E-state index in [1.54, 1.807) is 7.05 Å². The maximum atomic E-state index is 10.9. The molecule has 7 heteroatoms. The number of amides is 1. The molecule has 0 saturated carbocycles. The summed E-state index contributed by atoms with van der Waals surface area (Å²) in [6, 6.07) is 0. The van der Waals surface area contributed by atoms with Crippen LogP contribution in [0.25, 0.3) is 0 Å². The van der Waals surface area contributed by atoms with Gasteiger partial charge in [-0.2, -0.15) is 5.10 Å². The number of aromatic nitrogens is 2. The van der Waals surface area contributed by atoms with Gasteiger partial charge in [-0.1, -0.05) is 11.6 Å². The maximum absolute atomic E-state index is 10.9. The molecule has 4 nitrogen and oxygen atoms in total. The van der Waals surface area contributed by atoms with Gasteiger partial charge in [0.05, 0.1) is 16.7 Å². The van der Waals surface area contributed by atoms with Crippen molar-refractivity contribution in [2.45, 2.75) is 6.54 Å². The van der Waals surface area contributed by atoms with Crippen molar-refractivity contribution in [3.05, 3.63) is 15.3 Å². The monoisotopic (exact) mass is 299 g/mol. The van der Waals surface area contributed by atoms with Crippen molar-refractivity contribution in [2.75, 3.05) is 5.88 Å². The molecular weight excluding hydrogens is 293 g/mol. The zero-order valence-corrected chi connectivity index (χ0v) is 10.4. The first-order valence-corrected chi connectivity index (χ1v) is 5.46. The smallest absolute Gasteiger partial charge is 0.235 e. The Labute approximate surface area is 99.7 Å². The minimum absolute atomic E-state index is 0.0574. The standard InChI is InChI=1S/C7H8BrCl2N3O/c1-13-7(10)6(8)4(12-13)3-11-5(14)2-9/h2-3H2,1H3,(H,11,14). The van der Waals surface area contributed by atoms with E-state index in [0.29, 0.717) is 21.9 Å². The quantitative estimate of drug-likeness (QED) is 0.864. The van der Waals surface area contributed by atoms with Crippen LogP contribution < -0.4 is 5.32 Å². The fourth-order valence-electron chi connectivity index (χ4n) is 0.872. The molecule has 0 aromatic carbocycles. The van der Waals surface area contributed by atoms with Gasteiger partial charge in [-0.3, -0.25) is 9.48 Å². The molecule has 0 bridgehead atoms. The van der Waals surface area contributed by atoms with Gasteiger partial charge in [0.25, 0.3) is 0 Å². The highest BCUT2D eigenvalue weighted by molar-refractivity contribution is 9.10. The number of nitrogens with zero attached hydrogens (tertiary/aromatic N) is 2. The third-order valence-corrected chi connectivity index (χ3v) is 3.30. The molecule has 78 valence electrons. The second kappa shape index (κ2) is 5.00. The van der Waals surface area contributed by atoms with Crippen molar-refractivity contribution in [2.24, 2.45) is 7.05 Å². The van der Waals surface area contributed by atoms with Crippen LogP contribution in [0.2, 0.25) is 5.15 Å². The SMILES string of the molecule is Cn1nc(CNC(=O)CCl)c(Br)c1Cl. The van der Waals surface area contributed by atoms with Crippen molar-refractivity contribution >= 4 is 45.0 Å². The molecule has 1 rings (SSSR count). The number of aryl methyl sites for hydroxylation is 1. The molecule has 1 aromatic rings. The van der Waals surface area contributed by atoms with E-state index in [0.717, 1.165) is 0 Å².